The van der Waals surface area contributed by atoms with E-state index >= 15 is 0 Å². The van der Waals surface area contributed by atoms with Crippen molar-refractivity contribution < 1.29 is 19.1 Å². The molecule has 10 heteroatoms. The van der Waals surface area contributed by atoms with E-state index in [0.717, 1.165) is 14.5 Å². The van der Waals surface area contributed by atoms with Crippen molar-refractivity contribution in [3.8, 4) is 17.3 Å². The molecule has 0 amide bonds. The lowest BCUT2D eigenvalue weighted by atomic mass is 10.2. The maximum absolute atomic E-state index is 13.5. The number of rotatable bonds is 6. The standard InChI is InChI=1S/C26H17BrClN3O5/c1-14(26(33)34)35-22-8-6-17(27)10-16(22)13-29-31-24(30-20-5-3-2-4-19(20)25(31)32)23-12-15-11-18(28)7-9-21(15)36-23/h2-14H,1H3,(H,33,34)/t14-/m0/s1. The summed E-state index contributed by atoms with van der Waals surface area (Å²) in [5.41, 5.74) is 1.13. The van der Waals surface area contributed by atoms with Crippen molar-refractivity contribution in [3.63, 3.8) is 0 Å². The van der Waals surface area contributed by atoms with Gasteiger partial charge in [0.05, 0.1) is 17.1 Å². The summed E-state index contributed by atoms with van der Waals surface area (Å²) in [6.07, 6.45) is 0.330. The zero-order chi connectivity index (χ0) is 25.4. The fourth-order valence-electron chi connectivity index (χ4n) is 3.60. The Morgan fingerprint density at radius 2 is 2.00 bits per heavy atom. The van der Waals surface area contributed by atoms with Crippen LogP contribution in [0, 0.1) is 0 Å². The van der Waals surface area contributed by atoms with Crippen LogP contribution in [0.3, 0.4) is 0 Å². The molecule has 0 saturated heterocycles. The Labute approximate surface area is 217 Å². The van der Waals surface area contributed by atoms with E-state index in [-0.39, 0.29) is 5.82 Å². The highest BCUT2D eigenvalue weighted by molar-refractivity contribution is 9.10. The fraction of sp³-hybridized carbons (Fsp3) is 0.0769. The molecule has 0 saturated carbocycles. The Morgan fingerprint density at radius 1 is 1.19 bits per heavy atom. The largest absolute Gasteiger partial charge is 0.479 e. The molecule has 0 aliphatic carbocycles. The number of ether oxygens (including phenoxy) is 1. The number of hydrogen-bond acceptors (Lipinski definition) is 6. The second-order valence-electron chi connectivity index (χ2n) is 7.89. The van der Waals surface area contributed by atoms with E-state index < -0.39 is 17.6 Å². The number of nitrogens with zero attached hydrogens (tertiary/aromatic N) is 3. The number of carboxylic acid groups (broad SMARTS) is 1. The summed E-state index contributed by atoms with van der Waals surface area (Å²) < 4.78 is 13.4. The zero-order valence-electron chi connectivity index (χ0n) is 18.7. The van der Waals surface area contributed by atoms with Gasteiger partial charge in [0.2, 0.25) is 5.82 Å². The highest BCUT2D eigenvalue weighted by Crippen LogP contribution is 2.29. The number of furan rings is 1. The first-order valence-electron chi connectivity index (χ1n) is 10.7. The first-order chi connectivity index (χ1) is 17.3. The van der Waals surface area contributed by atoms with E-state index in [2.05, 4.69) is 26.0 Å². The molecule has 3 aromatic carbocycles. The summed E-state index contributed by atoms with van der Waals surface area (Å²) in [4.78, 5) is 29.4. The van der Waals surface area contributed by atoms with E-state index in [1.165, 1.54) is 13.1 Å². The topological polar surface area (TPSA) is 107 Å². The van der Waals surface area contributed by atoms with Gasteiger partial charge in [0.25, 0.3) is 5.56 Å². The first-order valence-corrected chi connectivity index (χ1v) is 11.9. The van der Waals surface area contributed by atoms with E-state index in [1.54, 1.807) is 66.7 Å². The average Bonchev–Trinajstić information content (AvgIpc) is 3.27. The van der Waals surface area contributed by atoms with E-state index in [9.17, 15) is 14.7 Å². The molecule has 180 valence electrons. The Bertz CT molecular complexity index is 1730. The Balaban J connectivity index is 1.68. The van der Waals surface area contributed by atoms with Crippen molar-refractivity contribution in [1.29, 1.82) is 0 Å². The first kappa shape index (κ1) is 23.8. The number of benzene rings is 3. The molecule has 0 radical (unpaired) electrons. The van der Waals surface area contributed by atoms with Crippen LogP contribution in [0.25, 0.3) is 33.5 Å². The quantitative estimate of drug-likeness (QED) is 0.254. The molecule has 0 bridgehead atoms. The number of para-hydroxylation sites is 1. The van der Waals surface area contributed by atoms with Gasteiger partial charge in [-0.2, -0.15) is 9.78 Å². The van der Waals surface area contributed by atoms with Crippen LogP contribution < -0.4 is 10.3 Å². The molecule has 5 aromatic rings. The van der Waals surface area contributed by atoms with Crippen molar-refractivity contribution in [2.24, 2.45) is 5.10 Å². The molecule has 2 aromatic heterocycles. The van der Waals surface area contributed by atoms with Gasteiger partial charge in [0.15, 0.2) is 11.9 Å². The van der Waals surface area contributed by atoms with Crippen LogP contribution >= 0.6 is 27.5 Å². The van der Waals surface area contributed by atoms with Crippen molar-refractivity contribution in [2.45, 2.75) is 13.0 Å². The highest BCUT2D eigenvalue weighted by Gasteiger charge is 2.18. The van der Waals surface area contributed by atoms with Crippen LogP contribution in [0.1, 0.15) is 12.5 Å². The van der Waals surface area contributed by atoms with Gasteiger partial charge in [-0.3, -0.25) is 4.79 Å². The van der Waals surface area contributed by atoms with Crippen molar-refractivity contribution in [3.05, 3.63) is 92.1 Å². The molecule has 0 unspecified atom stereocenters. The van der Waals surface area contributed by atoms with Gasteiger partial charge in [0, 0.05) is 20.4 Å². The maximum atomic E-state index is 13.5. The van der Waals surface area contributed by atoms with Crippen molar-refractivity contribution in [1.82, 2.24) is 9.66 Å². The molecule has 1 atom stereocenters. The minimum atomic E-state index is -1.11. The third-order valence-corrected chi connectivity index (χ3v) is 6.12. The van der Waals surface area contributed by atoms with Gasteiger partial charge < -0.3 is 14.3 Å². The molecule has 0 aliphatic heterocycles. The average molecular weight is 567 g/mol. The molecule has 36 heavy (non-hydrogen) atoms. The van der Waals surface area contributed by atoms with Gasteiger partial charge in [-0.05, 0) is 61.5 Å². The summed E-state index contributed by atoms with van der Waals surface area (Å²) in [5, 5.41) is 15.3. The lowest BCUT2D eigenvalue weighted by molar-refractivity contribution is -0.144. The predicted octanol–water partition coefficient (Wildman–Crippen LogP) is 5.96. The monoisotopic (exact) mass is 565 g/mol. The molecular weight excluding hydrogens is 550 g/mol. The van der Waals surface area contributed by atoms with E-state index in [1.807, 2.05) is 0 Å². The number of halogens is 2. The fourth-order valence-corrected chi connectivity index (χ4v) is 4.16. The minimum absolute atomic E-state index is 0.193. The number of hydrogen-bond donors (Lipinski definition) is 1. The summed E-state index contributed by atoms with van der Waals surface area (Å²) in [6.45, 7) is 1.43. The minimum Gasteiger partial charge on any atom is -0.479 e. The van der Waals surface area contributed by atoms with Crippen LogP contribution in [0.2, 0.25) is 5.02 Å². The maximum Gasteiger partial charge on any atom is 0.344 e. The van der Waals surface area contributed by atoms with Crippen LogP contribution in [-0.2, 0) is 4.79 Å². The Morgan fingerprint density at radius 3 is 2.81 bits per heavy atom. The van der Waals surface area contributed by atoms with Crippen LogP contribution in [0.4, 0.5) is 0 Å². The second-order valence-corrected chi connectivity index (χ2v) is 9.24. The predicted molar refractivity (Wildman–Crippen MR) is 141 cm³/mol. The van der Waals surface area contributed by atoms with E-state index in [4.69, 9.17) is 20.8 Å². The highest BCUT2D eigenvalue weighted by atomic mass is 79.9. The Hall–Kier alpha value is -3.95. The SMILES string of the molecule is C[C@H](Oc1ccc(Br)cc1C=Nn1c(-c2cc3cc(Cl)ccc3o2)nc2ccccc2c1=O)C(=O)O. The molecule has 0 spiro atoms. The molecule has 2 heterocycles. The molecule has 0 aliphatic rings. The summed E-state index contributed by atoms with van der Waals surface area (Å²) in [7, 11) is 0. The van der Waals surface area contributed by atoms with Gasteiger partial charge in [-0.25, -0.2) is 9.78 Å². The number of fused-ring (bicyclic) bond motifs is 2. The molecular formula is C26H17BrClN3O5. The third-order valence-electron chi connectivity index (χ3n) is 5.39. The normalized spacial score (nSPS) is 12.4. The van der Waals surface area contributed by atoms with Gasteiger partial charge >= 0.3 is 5.97 Å². The smallest absolute Gasteiger partial charge is 0.344 e. The lowest BCUT2D eigenvalue weighted by Crippen LogP contribution is -2.23. The van der Waals surface area contributed by atoms with Gasteiger partial charge in [0.1, 0.15) is 11.3 Å². The number of carbonyl (C=O) groups is 1. The van der Waals surface area contributed by atoms with Crippen LogP contribution in [-0.4, -0.2) is 33.1 Å². The number of aromatic nitrogens is 2. The summed E-state index contributed by atoms with van der Waals surface area (Å²) >= 11 is 9.52. The van der Waals surface area contributed by atoms with Gasteiger partial charge in [-0.15, -0.1) is 0 Å². The summed E-state index contributed by atoms with van der Waals surface area (Å²) in [5.74, 6) is -0.294. The lowest BCUT2D eigenvalue weighted by Gasteiger charge is -2.13. The van der Waals surface area contributed by atoms with Crippen LogP contribution in [0.15, 0.2) is 85.5 Å². The molecule has 1 N–H and O–H groups in total. The molecule has 5 rings (SSSR count). The number of aliphatic carboxylic acids is 1. The van der Waals surface area contributed by atoms with E-state index in [0.29, 0.717) is 38.6 Å². The van der Waals surface area contributed by atoms with Crippen molar-refractivity contribution >= 4 is 61.6 Å². The zero-order valence-corrected chi connectivity index (χ0v) is 21.0. The van der Waals surface area contributed by atoms with Crippen LogP contribution in [0.5, 0.6) is 5.75 Å². The second kappa shape index (κ2) is 9.60. The molecule has 8 nitrogen and oxygen atoms in total. The summed E-state index contributed by atoms with van der Waals surface area (Å²) in [6, 6.07) is 18.9. The molecule has 0 fully saturated rings. The van der Waals surface area contributed by atoms with Gasteiger partial charge in [-0.1, -0.05) is 39.7 Å². The number of carboxylic acids is 1. The Kier molecular flexibility index (Phi) is 6.34. The van der Waals surface area contributed by atoms with Crippen molar-refractivity contribution in [2.75, 3.05) is 0 Å². The third kappa shape index (κ3) is 4.62.